The van der Waals surface area contributed by atoms with Gasteiger partial charge in [0.1, 0.15) is 5.82 Å². The van der Waals surface area contributed by atoms with Crippen LogP contribution in [0, 0.1) is 5.82 Å². The number of nitrogens with one attached hydrogen (secondary N) is 1. The minimum atomic E-state index is -0.387. The molecule has 1 saturated heterocycles. The van der Waals surface area contributed by atoms with Crippen molar-refractivity contribution < 1.29 is 13.9 Å². The van der Waals surface area contributed by atoms with E-state index >= 15 is 0 Å². The Labute approximate surface area is 112 Å². The van der Waals surface area contributed by atoms with E-state index in [1.54, 1.807) is 6.07 Å². The lowest BCUT2D eigenvalue weighted by Crippen LogP contribution is -2.39. The summed E-state index contributed by atoms with van der Waals surface area (Å²) in [5.74, 6) is -0.516. The third-order valence-corrected chi connectivity index (χ3v) is 3.17. The van der Waals surface area contributed by atoms with Crippen LogP contribution in [0.4, 0.5) is 10.1 Å². The Morgan fingerprint density at radius 1 is 1.37 bits per heavy atom. The maximum Gasteiger partial charge on any atom is 0.159 e. The summed E-state index contributed by atoms with van der Waals surface area (Å²) in [5.41, 5.74) is 1.05. The first kappa shape index (κ1) is 14.0. The molecular formula is C14H19FN2O2. The highest BCUT2D eigenvalue weighted by Gasteiger charge is 2.09. The van der Waals surface area contributed by atoms with Crippen molar-refractivity contribution in [1.29, 1.82) is 0 Å². The quantitative estimate of drug-likeness (QED) is 0.825. The molecule has 0 amide bonds. The van der Waals surface area contributed by atoms with Gasteiger partial charge in [0.25, 0.3) is 0 Å². The van der Waals surface area contributed by atoms with E-state index in [-0.39, 0.29) is 11.6 Å². The third kappa shape index (κ3) is 4.29. The largest absolute Gasteiger partial charge is 0.384 e. The molecule has 1 fully saturated rings. The summed E-state index contributed by atoms with van der Waals surface area (Å²) in [4.78, 5) is 13.5. The second-order valence-corrected chi connectivity index (χ2v) is 4.67. The molecule has 0 unspecified atom stereocenters. The van der Waals surface area contributed by atoms with E-state index in [0.29, 0.717) is 11.3 Å². The number of nitrogens with zero attached hydrogens (tertiary/aromatic N) is 1. The van der Waals surface area contributed by atoms with Crippen molar-refractivity contribution in [3.05, 3.63) is 29.6 Å². The van der Waals surface area contributed by atoms with Gasteiger partial charge in [0, 0.05) is 37.4 Å². The number of halogens is 1. The lowest BCUT2D eigenvalue weighted by molar-refractivity contribution is 0.0398. The second kappa shape index (κ2) is 6.63. The molecule has 0 radical (unpaired) electrons. The molecule has 0 bridgehead atoms. The number of morpholine rings is 1. The van der Waals surface area contributed by atoms with Gasteiger partial charge < -0.3 is 10.1 Å². The number of rotatable bonds is 5. The molecule has 1 N–H and O–H groups in total. The number of hydrogen-bond donors (Lipinski definition) is 1. The summed E-state index contributed by atoms with van der Waals surface area (Å²) < 4.78 is 18.6. The highest BCUT2D eigenvalue weighted by Crippen LogP contribution is 2.14. The van der Waals surface area contributed by atoms with E-state index in [2.05, 4.69) is 10.2 Å². The number of Topliss-reactive ketones (excluding diaryl/α,β-unsaturated/α-hetero) is 1. The lowest BCUT2D eigenvalue weighted by atomic mass is 10.1. The van der Waals surface area contributed by atoms with Crippen LogP contribution in [0.15, 0.2) is 18.2 Å². The zero-order valence-corrected chi connectivity index (χ0v) is 11.1. The summed E-state index contributed by atoms with van der Waals surface area (Å²) >= 11 is 0. The molecule has 1 aromatic carbocycles. The van der Waals surface area contributed by atoms with Gasteiger partial charge in [-0.05, 0) is 25.1 Å². The maximum atomic E-state index is 13.4. The molecular weight excluding hydrogens is 247 g/mol. The average Bonchev–Trinajstić information content (AvgIpc) is 2.39. The first-order chi connectivity index (χ1) is 9.15. The molecule has 0 saturated carbocycles. The molecule has 0 aliphatic carbocycles. The Balaban J connectivity index is 1.86. The van der Waals surface area contributed by atoms with Crippen LogP contribution in [0.3, 0.4) is 0 Å². The van der Waals surface area contributed by atoms with Crippen LogP contribution in [-0.2, 0) is 4.74 Å². The molecule has 0 atom stereocenters. The third-order valence-electron chi connectivity index (χ3n) is 3.17. The van der Waals surface area contributed by atoms with Crippen LogP contribution in [0.2, 0.25) is 0 Å². The predicted molar refractivity (Wildman–Crippen MR) is 72.2 cm³/mol. The topological polar surface area (TPSA) is 41.6 Å². The highest BCUT2D eigenvalue weighted by molar-refractivity contribution is 5.94. The van der Waals surface area contributed by atoms with Crippen molar-refractivity contribution in [3.63, 3.8) is 0 Å². The second-order valence-electron chi connectivity index (χ2n) is 4.67. The molecule has 1 aliphatic rings. The van der Waals surface area contributed by atoms with Crippen LogP contribution in [0.5, 0.6) is 0 Å². The normalized spacial score (nSPS) is 16.3. The van der Waals surface area contributed by atoms with Crippen LogP contribution in [0.25, 0.3) is 0 Å². The Bertz CT molecular complexity index is 445. The molecule has 1 aromatic rings. The molecule has 0 spiro atoms. The fraction of sp³-hybridized carbons (Fsp3) is 0.500. The fourth-order valence-electron chi connectivity index (χ4n) is 2.08. The number of ether oxygens (including phenoxy) is 1. The van der Waals surface area contributed by atoms with Gasteiger partial charge in [-0.1, -0.05) is 0 Å². The van der Waals surface area contributed by atoms with Crippen LogP contribution < -0.4 is 5.32 Å². The fourth-order valence-corrected chi connectivity index (χ4v) is 2.08. The van der Waals surface area contributed by atoms with Crippen molar-refractivity contribution in [2.45, 2.75) is 6.92 Å². The van der Waals surface area contributed by atoms with Gasteiger partial charge in [0.05, 0.1) is 13.2 Å². The Hall–Kier alpha value is -1.46. The van der Waals surface area contributed by atoms with Crippen molar-refractivity contribution in [3.8, 4) is 0 Å². The van der Waals surface area contributed by atoms with Crippen molar-refractivity contribution >= 4 is 11.5 Å². The molecule has 2 rings (SSSR count). The van der Waals surface area contributed by atoms with E-state index in [0.717, 1.165) is 39.4 Å². The summed E-state index contributed by atoms with van der Waals surface area (Å²) in [6, 6.07) is 4.35. The molecule has 5 heteroatoms. The van der Waals surface area contributed by atoms with Crippen LogP contribution >= 0.6 is 0 Å². The van der Waals surface area contributed by atoms with Gasteiger partial charge in [0.2, 0.25) is 0 Å². The Kier molecular flexibility index (Phi) is 4.87. The van der Waals surface area contributed by atoms with Crippen molar-refractivity contribution in [2.75, 3.05) is 44.7 Å². The lowest BCUT2D eigenvalue weighted by Gasteiger charge is -2.26. The van der Waals surface area contributed by atoms with Gasteiger partial charge in [-0.25, -0.2) is 4.39 Å². The van der Waals surface area contributed by atoms with Crippen LogP contribution in [-0.4, -0.2) is 50.1 Å². The molecule has 104 valence electrons. The smallest absolute Gasteiger partial charge is 0.159 e. The maximum absolute atomic E-state index is 13.4. The van der Waals surface area contributed by atoms with Gasteiger partial charge in [-0.3, -0.25) is 9.69 Å². The Morgan fingerprint density at radius 3 is 2.79 bits per heavy atom. The van der Waals surface area contributed by atoms with Crippen LogP contribution in [0.1, 0.15) is 17.3 Å². The first-order valence-corrected chi connectivity index (χ1v) is 6.50. The van der Waals surface area contributed by atoms with Gasteiger partial charge >= 0.3 is 0 Å². The summed E-state index contributed by atoms with van der Waals surface area (Å²) in [5, 5.41) is 3.15. The molecule has 1 aliphatic heterocycles. The zero-order chi connectivity index (χ0) is 13.7. The van der Waals surface area contributed by atoms with E-state index in [1.807, 2.05) is 0 Å². The van der Waals surface area contributed by atoms with E-state index in [4.69, 9.17) is 4.74 Å². The minimum absolute atomic E-state index is 0.129. The number of carbonyl (C=O) groups is 1. The van der Waals surface area contributed by atoms with Crippen molar-refractivity contribution in [2.24, 2.45) is 0 Å². The summed E-state index contributed by atoms with van der Waals surface area (Å²) in [6.45, 7) is 6.46. The Morgan fingerprint density at radius 2 is 2.11 bits per heavy atom. The van der Waals surface area contributed by atoms with E-state index in [9.17, 15) is 9.18 Å². The number of anilines is 1. The van der Waals surface area contributed by atoms with E-state index in [1.165, 1.54) is 19.1 Å². The number of hydrogen-bond acceptors (Lipinski definition) is 4. The number of ketones is 1. The van der Waals surface area contributed by atoms with E-state index < -0.39 is 0 Å². The SMILES string of the molecule is CC(=O)c1cc(F)cc(NCCN2CCOCC2)c1. The molecule has 0 aromatic heterocycles. The predicted octanol–water partition coefficient (Wildman–Crippen LogP) is 1.77. The number of benzene rings is 1. The summed E-state index contributed by atoms with van der Waals surface area (Å²) in [7, 11) is 0. The molecule has 19 heavy (non-hydrogen) atoms. The molecule has 4 nitrogen and oxygen atoms in total. The molecule has 1 heterocycles. The van der Waals surface area contributed by atoms with Gasteiger partial charge in [-0.15, -0.1) is 0 Å². The zero-order valence-electron chi connectivity index (χ0n) is 11.1. The summed E-state index contributed by atoms with van der Waals surface area (Å²) in [6.07, 6.45) is 0. The number of carbonyl (C=O) groups excluding carboxylic acids is 1. The standard InChI is InChI=1S/C14H19FN2O2/c1-11(18)12-8-13(15)10-14(9-12)16-2-3-17-4-6-19-7-5-17/h8-10,16H,2-7H2,1H3. The first-order valence-electron chi connectivity index (χ1n) is 6.50. The highest BCUT2D eigenvalue weighted by atomic mass is 19.1. The monoisotopic (exact) mass is 266 g/mol. The average molecular weight is 266 g/mol. The van der Waals surface area contributed by atoms with Gasteiger partial charge in [0.15, 0.2) is 5.78 Å². The van der Waals surface area contributed by atoms with Gasteiger partial charge in [-0.2, -0.15) is 0 Å². The minimum Gasteiger partial charge on any atom is -0.384 e. The van der Waals surface area contributed by atoms with Crippen molar-refractivity contribution in [1.82, 2.24) is 4.90 Å².